The lowest BCUT2D eigenvalue weighted by Gasteiger charge is -2.18. The largest absolute Gasteiger partial charge is 0.433 e. The molecule has 0 N–H and O–H groups in total. The monoisotopic (exact) mass is 327 g/mol. The molecule has 5 rings (SSSR count). The fourth-order valence-electron chi connectivity index (χ4n) is 4.80. The van der Waals surface area contributed by atoms with Crippen molar-refractivity contribution in [2.75, 3.05) is 0 Å². The molecule has 2 saturated carbocycles. The van der Waals surface area contributed by atoms with Crippen LogP contribution >= 0.6 is 0 Å². The van der Waals surface area contributed by atoms with Crippen molar-refractivity contribution in [2.45, 2.75) is 12.8 Å². The first-order valence-electron chi connectivity index (χ1n) is 7.87. The highest BCUT2D eigenvalue weighted by Gasteiger charge is 2.73. The van der Waals surface area contributed by atoms with E-state index in [0.29, 0.717) is 0 Å². The van der Waals surface area contributed by atoms with Gasteiger partial charge in [-0.25, -0.2) is 0 Å². The van der Waals surface area contributed by atoms with Gasteiger partial charge in [0, 0.05) is 0 Å². The third-order valence-electron chi connectivity index (χ3n) is 5.92. The van der Waals surface area contributed by atoms with Crippen LogP contribution in [-0.2, 0) is 9.59 Å². The predicted molar refractivity (Wildman–Crippen MR) is 79.6 cm³/mol. The number of imide groups is 1. The van der Waals surface area contributed by atoms with E-state index in [-0.39, 0.29) is 46.7 Å². The second-order valence-corrected chi connectivity index (χ2v) is 6.89. The highest BCUT2D eigenvalue weighted by Crippen LogP contribution is 2.73. The number of allylic oxidation sites excluding steroid dienone is 2. The number of hydrazone groups is 1. The maximum atomic E-state index is 12.7. The number of nitrogens with zero attached hydrogens (tertiary/aromatic N) is 3. The molecule has 0 radical (unpaired) electrons. The summed E-state index contributed by atoms with van der Waals surface area (Å²) in [5.74, 6) is -1.15. The minimum atomic E-state index is -0.660. The fraction of sp³-hybridized carbons (Fsp3) is 0.438. The number of amides is 2. The average Bonchev–Trinajstić information content (AvgIpc) is 2.84. The van der Waals surface area contributed by atoms with Crippen LogP contribution in [0.4, 0.5) is 5.88 Å². The molecule has 3 aliphatic carbocycles. The van der Waals surface area contributed by atoms with Crippen LogP contribution in [0, 0.1) is 39.2 Å². The molecule has 4 atom stereocenters. The summed E-state index contributed by atoms with van der Waals surface area (Å²) in [6, 6.07) is 2.57. The van der Waals surface area contributed by atoms with Gasteiger partial charge in [0.05, 0.1) is 24.1 Å². The van der Waals surface area contributed by atoms with Gasteiger partial charge in [0.2, 0.25) is 0 Å². The Kier molecular flexibility index (Phi) is 2.39. The first kappa shape index (κ1) is 13.6. The van der Waals surface area contributed by atoms with Gasteiger partial charge in [-0.15, -0.1) is 0 Å². The van der Waals surface area contributed by atoms with Crippen LogP contribution in [0.15, 0.2) is 33.8 Å². The number of carbonyl (C=O) groups is 2. The standard InChI is InChI=1S/C16H13N3O5/c20-14-12-9-2-3-10(16(9)5-6-16)13(12)15(21)18(14)17-7-8-1-4-11(24-8)19(22)23/h1-4,7,9-10,12-13H,5-6H2/b17-7-/t9-,10-,12-,13-/m0/s1. The quantitative estimate of drug-likeness (QED) is 0.276. The Bertz CT molecular complexity index is 816. The van der Waals surface area contributed by atoms with Gasteiger partial charge in [-0.05, 0) is 36.2 Å². The molecule has 8 nitrogen and oxygen atoms in total. The Morgan fingerprint density at radius 1 is 1.21 bits per heavy atom. The smallest absolute Gasteiger partial charge is 0.400 e. The van der Waals surface area contributed by atoms with Crippen LogP contribution in [0.1, 0.15) is 18.6 Å². The molecule has 1 aliphatic heterocycles. The Morgan fingerprint density at radius 2 is 1.83 bits per heavy atom. The third kappa shape index (κ3) is 1.50. The molecule has 2 amide bonds. The van der Waals surface area contributed by atoms with E-state index in [1.807, 2.05) is 0 Å². The van der Waals surface area contributed by atoms with Gasteiger partial charge in [0.25, 0.3) is 11.8 Å². The van der Waals surface area contributed by atoms with E-state index in [4.69, 9.17) is 4.42 Å². The summed E-state index contributed by atoms with van der Waals surface area (Å²) in [6.45, 7) is 0. The van der Waals surface area contributed by atoms with Gasteiger partial charge >= 0.3 is 5.88 Å². The zero-order chi connectivity index (χ0) is 16.6. The third-order valence-corrected chi connectivity index (χ3v) is 5.92. The maximum absolute atomic E-state index is 12.7. The van der Waals surface area contributed by atoms with Crippen LogP contribution in [0.3, 0.4) is 0 Å². The zero-order valence-electron chi connectivity index (χ0n) is 12.5. The molecule has 4 aliphatic rings. The van der Waals surface area contributed by atoms with E-state index >= 15 is 0 Å². The van der Waals surface area contributed by atoms with Crippen molar-refractivity contribution in [1.82, 2.24) is 5.01 Å². The first-order valence-corrected chi connectivity index (χ1v) is 7.87. The highest BCUT2D eigenvalue weighted by molar-refractivity contribution is 6.07. The van der Waals surface area contributed by atoms with Crippen LogP contribution < -0.4 is 0 Å². The summed E-state index contributed by atoms with van der Waals surface area (Å²) < 4.78 is 4.96. The van der Waals surface area contributed by atoms with Crippen molar-refractivity contribution >= 4 is 23.9 Å². The number of rotatable bonds is 3. The number of hydrogen-bond donors (Lipinski definition) is 0. The normalized spacial score (nSPS) is 34.8. The van der Waals surface area contributed by atoms with Crippen molar-refractivity contribution in [2.24, 2.45) is 34.2 Å². The lowest BCUT2D eigenvalue weighted by Crippen LogP contribution is -2.30. The Labute approximate surface area is 135 Å². The van der Waals surface area contributed by atoms with E-state index < -0.39 is 10.8 Å². The summed E-state index contributed by atoms with van der Waals surface area (Å²) in [7, 11) is 0. The van der Waals surface area contributed by atoms with E-state index in [0.717, 1.165) is 17.9 Å². The van der Waals surface area contributed by atoms with Crippen molar-refractivity contribution in [3.05, 3.63) is 40.2 Å². The Hall–Kier alpha value is -2.77. The molecular weight excluding hydrogens is 314 g/mol. The van der Waals surface area contributed by atoms with Crippen molar-refractivity contribution < 1.29 is 18.9 Å². The molecule has 2 heterocycles. The fourth-order valence-corrected chi connectivity index (χ4v) is 4.80. The molecule has 8 heteroatoms. The molecule has 0 aromatic carbocycles. The number of fused-ring (bicyclic) bond motifs is 3. The number of furan rings is 1. The number of hydrogen-bond acceptors (Lipinski definition) is 6. The van der Waals surface area contributed by atoms with E-state index in [9.17, 15) is 19.7 Å². The minimum absolute atomic E-state index is 0.124. The van der Waals surface area contributed by atoms with Gasteiger partial charge in [0.1, 0.15) is 4.92 Å². The molecular formula is C16H13N3O5. The molecule has 1 saturated heterocycles. The summed E-state index contributed by atoms with van der Waals surface area (Å²) in [4.78, 5) is 35.3. The number of nitro groups is 1. The Balaban J connectivity index is 1.41. The minimum Gasteiger partial charge on any atom is -0.400 e. The first-order chi connectivity index (χ1) is 11.5. The molecule has 1 aromatic rings. The lowest BCUT2D eigenvalue weighted by atomic mass is 9.85. The molecule has 1 spiro atoms. The molecule has 24 heavy (non-hydrogen) atoms. The van der Waals surface area contributed by atoms with Gasteiger partial charge in [-0.2, -0.15) is 10.1 Å². The summed E-state index contributed by atoms with van der Waals surface area (Å²) >= 11 is 0. The summed E-state index contributed by atoms with van der Waals surface area (Å²) in [6.07, 6.45) is 7.52. The SMILES string of the molecule is O=C1[C@@H]2[C@@H](C(=O)N1/N=C\c1ccc([N+](=O)[O-])o1)[C@@H]1C=C[C@@H]2C12CC2. The molecule has 3 fully saturated rings. The second-order valence-electron chi connectivity index (χ2n) is 6.89. The molecule has 122 valence electrons. The summed E-state index contributed by atoms with van der Waals surface area (Å²) in [5.41, 5.74) is 0.151. The Morgan fingerprint density at radius 3 is 2.33 bits per heavy atom. The zero-order valence-corrected chi connectivity index (χ0v) is 12.5. The topological polar surface area (TPSA) is 106 Å². The van der Waals surface area contributed by atoms with Crippen LogP contribution in [0.2, 0.25) is 0 Å². The van der Waals surface area contributed by atoms with E-state index in [1.54, 1.807) is 0 Å². The van der Waals surface area contributed by atoms with Gasteiger partial charge in [-0.1, -0.05) is 12.2 Å². The van der Waals surface area contributed by atoms with Crippen LogP contribution in [0.5, 0.6) is 0 Å². The molecule has 2 bridgehead atoms. The average molecular weight is 327 g/mol. The van der Waals surface area contributed by atoms with Crippen LogP contribution in [-0.4, -0.2) is 28.0 Å². The van der Waals surface area contributed by atoms with E-state index in [2.05, 4.69) is 17.3 Å². The van der Waals surface area contributed by atoms with Gasteiger partial charge < -0.3 is 4.42 Å². The predicted octanol–water partition coefficient (Wildman–Crippen LogP) is 1.72. The van der Waals surface area contributed by atoms with Crippen molar-refractivity contribution in [1.29, 1.82) is 0 Å². The van der Waals surface area contributed by atoms with Crippen molar-refractivity contribution in [3.63, 3.8) is 0 Å². The summed E-state index contributed by atoms with van der Waals surface area (Å²) in [5, 5.41) is 15.4. The number of carbonyl (C=O) groups excluding carboxylic acids is 2. The van der Waals surface area contributed by atoms with Gasteiger partial charge in [-0.3, -0.25) is 19.7 Å². The molecule has 0 unspecified atom stereocenters. The van der Waals surface area contributed by atoms with Crippen molar-refractivity contribution in [3.8, 4) is 0 Å². The van der Waals surface area contributed by atoms with Gasteiger partial charge in [0.15, 0.2) is 5.76 Å². The van der Waals surface area contributed by atoms with E-state index in [1.165, 1.54) is 18.3 Å². The maximum Gasteiger partial charge on any atom is 0.433 e. The molecule has 1 aromatic heterocycles. The second kappa shape index (κ2) is 4.19. The highest BCUT2D eigenvalue weighted by atomic mass is 16.6. The van der Waals surface area contributed by atoms with Crippen LogP contribution in [0.25, 0.3) is 0 Å². The lowest BCUT2D eigenvalue weighted by molar-refractivity contribution is -0.402.